The van der Waals surface area contributed by atoms with Gasteiger partial charge in [0.25, 0.3) is 5.91 Å². The van der Waals surface area contributed by atoms with Gasteiger partial charge in [0.2, 0.25) is 9.84 Å². The van der Waals surface area contributed by atoms with E-state index >= 15 is 0 Å². The van der Waals surface area contributed by atoms with Gasteiger partial charge in [0.15, 0.2) is 6.61 Å². The first kappa shape index (κ1) is 22.6. The summed E-state index contributed by atoms with van der Waals surface area (Å²) >= 11 is 1.37. The van der Waals surface area contributed by atoms with Crippen molar-refractivity contribution >= 4 is 32.1 Å². The molecule has 1 aliphatic rings. The van der Waals surface area contributed by atoms with Crippen LogP contribution in [0.25, 0.3) is 0 Å². The number of ether oxygens (including phenoxy) is 1. The fraction of sp³-hybridized carbons (Fsp3) is 0.320. The lowest BCUT2D eigenvalue weighted by Crippen LogP contribution is -2.21. The van der Waals surface area contributed by atoms with Gasteiger partial charge < -0.3 is 10.1 Å². The Balaban J connectivity index is 1.59. The quantitative estimate of drug-likeness (QED) is 0.506. The molecule has 4 rings (SSSR count). The summed E-state index contributed by atoms with van der Waals surface area (Å²) < 4.78 is 32.7. The van der Waals surface area contributed by atoms with Crippen LogP contribution in [0.5, 0.6) is 5.75 Å². The zero-order valence-electron chi connectivity index (χ0n) is 18.3. The normalized spacial score (nSPS) is 13.4. The molecule has 3 aromatic rings. The third-order valence-electron chi connectivity index (χ3n) is 5.68. The maximum Gasteiger partial charge on any atom is 0.262 e. The van der Waals surface area contributed by atoms with Gasteiger partial charge in [-0.25, -0.2) is 8.42 Å². The maximum absolute atomic E-state index is 13.5. The van der Waals surface area contributed by atoms with Crippen LogP contribution in [0.1, 0.15) is 41.3 Å². The Hall–Kier alpha value is -2.64. The second-order valence-electron chi connectivity index (χ2n) is 8.02. The molecule has 0 bridgehead atoms. The van der Waals surface area contributed by atoms with E-state index in [1.807, 2.05) is 31.2 Å². The minimum absolute atomic E-state index is 0.182. The van der Waals surface area contributed by atoms with E-state index in [-0.39, 0.29) is 22.3 Å². The van der Waals surface area contributed by atoms with Gasteiger partial charge >= 0.3 is 0 Å². The number of anilines is 1. The third kappa shape index (κ3) is 4.74. The van der Waals surface area contributed by atoms with Gasteiger partial charge in [0.1, 0.15) is 15.6 Å². The zero-order valence-corrected chi connectivity index (χ0v) is 19.9. The van der Waals surface area contributed by atoms with Gasteiger partial charge in [-0.1, -0.05) is 36.8 Å². The Morgan fingerprint density at radius 3 is 2.41 bits per heavy atom. The molecular formula is C25H27NO4S2. The number of hydrogen-bond donors (Lipinski definition) is 1. The van der Waals surface area contributed by atoms with Gasteiger partial charge in [-0.3, -0.25) is 4.79 Å². The summed E-state index contributed by atoms with van der Waals surface area (Å²) in [7, 11) is -3.75. The van der Waals surface area contributed by atoms with Crippen LogP contribution in [0, 0.1) is 6.92 Å². The van der Waals surface area contributed by atoms with Gasteiger partial charge in [-0.15, -0.1) is 11.3 Å². The molecule has 0 saturated carbocycles. The summed E-state index contributed by atoms with van der Waals surface area (Å²) in [6.07, 6.45) is 4.46. The molecule has 0 fully saturated rings. The molecule has 0 radical (unpaired) electrons. The lowest BCUT2D eigenvalue weighted by Gasteiger charge is -2.14. The standard InChI is InChI=1S/C25H27NO4S2/c1-3-18-10-12-19(13-11-18)30-16-23(27)26-25-24(21-6-4-5-7-22(21)31-25)32(28,29)20-14-8-17(2)9-15-20/h8-15H,3-7,16H2,1-2H3,(H,26,27). The second-order valence-corrected chi connectivity index (χ2v) is 11.0. The van der Waals surface area contributed by atoms with Crippen LogP contribution in [0.2, 0.25) is 0 Å². The van der Waals surface area contributed by atoms with Gasteiger partial charge in [-0.2, -0.15) is 0 Å². The molecule has 2 aromatic carbocycles. The minimum atomic E-state index is -3.75. The van der Waals surface area contributed by atoms with E-state index in [0.29, 0.717) is 17.2 Å². The number of amides is 1. The number of rotatable bonds is 7. The average Bonchev–Trinajstić information content (AvgIpc) is 3.16. The predicted octanol–water partition coefficient (Wildman–Crippen LogP) is 5.35. The Morgan fingerprint density at radius 1 is 1.03 bits per heavy atom. The number of carbonyl (C=O) groups is 1. The number of hydrogen-bond acceptors (Lipinski definition) is 5. The van der Waals surface area contributed by atoms with E-state index in [2.05, 4.69) is 12.2 Å². The lowest BCUT2D eigenvalue weighted by molar-refractivity contribution is -0.118. The van der Waals surface area contributed by atoms with Crippen LogP contribution in [0.15, 0.2) is 58.3 Å². The highest BCUT2D eigenvalue weighted by molar-refractivity contribution is 7.92. The van der Waals surface area contributed by atoms with Crippen LogP contribution in [-0.4, -0.2) is 20.9 Å². The molecule has 1 amide bonds. The first-order chi connectivity index (χ1) is 15.4. The van der Waals surface area contributed by atoms with E-state index in [1.165, 1.54) is 16.9 Å². The number of thiophene rings is 1. The highest BCUT2D eigenvalue weighted by Gasteiger charge is 2.31. The molecule has 0 aliphatic heterocycles. The number of sulfone groups is 1. The Kier molecular flexibility index (Phi) is 6.67. The van der Waals surface area contributed by atoms with E-state index in [0.717, 1.165) is 41.7 Å². The summed E-state index contributed by atoms with van der Waals surface area (Å²) in [6, 6.07) is 14.5. The van der Waals surface area contributed by atoms with Crippen LogP contribution >= 0.6 is 11.3 Å². The van der Waals surface area contributed by atoms with Crippen molar-refractivity contribution in [2.45, 2.75) is 55.7 Å². The van der Waals surface area contributed by atoms with Crippen molar-refractivity contribution in [3.63, 3.8) is 0 Å². The number of nitrogens with one attached hydrogen (secondary N) is 1. The third-order valence-corrected chi connectivity index (χ3v) is 8.89. The van der Waals surface area contributed by atoms with E-state index in [4.69, 9.17) is 4.74 Å². The van der Waals surface area contributed by atoms with E-state index in [1.54, 1.807) is 24.3 Å². The van der Waals surface area contributed by atoms with Crippen molar-refractivity contribution in [1.29, 1.82) is 0 Å². The van der Waals surface area contributed by atoms with Gasteiger partial charge in [-0.05, 0) is 74.4 Å². The Morgan fingerprint density at radius 2 is 1.72 bits per heavy atom. The van der Waals surface area contributed by atoms with Crippen molar-refractivity contribution in [2.75, 3.05) is 11.9 Å². The van der Waals surface area contributed by atoms with Crippen molar-refractivity contribution in [3.05, 3.63) is 70.1 Å². The monoisotopic (exact) mass is 469 g/mol. The molecule has 0 spiro atoms. The van der Waals surface area contributed by atoms with E-state index < -0.39 is 9.84 Å². The second kappa shape index (κ2) is 9.46. The first-order valence-electron chi connectivity index (χ1n) is 10.9. The van der Waals surface area contributed by atoms with E-state index in [9.17, 15) is 13.2 Å². The number of aryl methyl sites for hydroxylation is 3. The van der Waals surface area contributed by atoms with Crippen molar-refractivity contribution in [3.8, 4) is 5.75 Å². The fourth-order valence-corrected chi connectivity index (χ4v) is 7.17. The molecule has 1 heterocycles. The summed E-state index contributed by atoms with van der Waals surface area (Å²) in [4.78, 5) is 14.2. The zero-order chi connectivity index (χ0) is 22.7. The Labute approximate surface area is 193 Å². The molecule has 1 aromatic heterocycles. The lowest BCUT2D eigenvalue weighted by atomic mass is 9.99. The van der Waals surface area contributed by atoms with Crippen LogP contribution in [0.3, 0.4) is 0 Å². The SMILES string of the molecule is CCc1ccc(OCC(=O)Nc2sc3c(c2S(=O)(=O)c2ccc(C)cc2)CCCC3)cc1. The van der Waals surface area contributed by atoms with Gasteiger partial charge in [0.05, 0.1) is 4.90 Å². The number of benzene rings is 2. The first-order valence-corrected chi connectivity index (χ1v) is 13.2. The molecular weight excluding hydrogens is 442 g/mol. The molecule has 168 valence electrons. The van der Waals surface area contributed by atoms with Crippen molar-refractivity contribution < 1.29 is 17.9 Å². The van der Waals surface area contributed by atoms with Crippen LogP contribution < -0.4 is 10.1 Å². The smallest absolute Gasteiger partial charge is 0.262 e. The highest BCUT2D eigenvalue weighted by Crippen LogP contribution is 2.43. The number of carbonyl (C=O) groups excluding carboxylic acids is 1. The topological polar surface area (TPSA) is 72.5 Å². The Bertz CT molecular complexity index is 1210. The molecule has 0 atom stereocenters. The molecule has 1 aliphatic carbocycles. The average molecular weight is 470 g/mol. The van der Waals surface area contributed by atoms with Crippen molar-refractivity contribution in [1.82, 2.24) is 0 Å². The highest BCUT2D eigenvalue weighted by atomic mass is 32.2. The summed E-state index contributed by atoms with van der Waals surface area (Å²) in [6.45, 7) is 3.81. The van der Waals surface area contributed by atoms with Crippen LogP contribution in [-0.2, 0) is 33.9 Å². The molecule has 32 heavy (non-hydrogen) atoms. The summed E-state index contributed by atoms with van der Waals surface area (Å²) in [5.41, 5.74) is 3.04. The summed E-state index contributed by atoms with van der Waals surface area (Å²) in [5.74, 6) is 0.235. The predicted molar refractivity (Wildman–Crippen MR) is 128 cm³/mol. The maximum atomic E-state index is 13.5. The molecule has 5 nitrogen and oxygen atoms in total. The molecule has 0 unspecified atom stereocenters. The fourth-order valence-electron chi connectivity index (χ4n) is 3.87. The minimum Gasteiger partial charge on any atom is -0.484 e. The molecule has 0 saturated heterocycles. The number of fused-ring (bicyclic) bond motifs is 1. The molecule has 7 heteroatoms. The van der Waals surface area contributed by atoms with Gasteiger partial charge in [0, 0.05) is 4.88 Å². The van der Waals surface area contributed by atoms with Crippen molar-refractivity contribution in [2.24, 2.45) is 0 Å². The van der Waals surface area contributed by atoms with Crippen LogP contribution in [0.4, 0.5) is 5.00 Å². The largest absolute Gasteiger partial charge is 0.484 e. The summed E-state index contributed by atoms with van der Waals surface area (Å²) in [5, 5.41) is 3.22. The molecule has 1 N–H and O–H groups in total.